The van der Waals surface area contributed by atoms with Gasteiger partial charge in [0.05, 0.1) is 0 Å². The molecule has 4 heteroatoms. The minimum absolute atomic E-state index is 0. The Kier molecular flexibility index (Phi) is 7.94. The predicted octanol–water partition coefficient (Wildman–Crippen LogP) is -2.03. The maximum atomic E-state index is 3.80. The Labute approximate surface area is 178 Å². The average Bonchev–Trinajstić information content (AvgIpc) is 3.13. The van der Waals surface area contributed by atoms with E-state index in [1.54, 1.807) is 5.19 Å². The van der Waals surface area contributed by atoms with Crippen LogP contribution in [0.15, 0.2) is 54.6 Å². The van der Waals surface area contributed by atoms with E-state index < -0.39 is 8.80 Å². The molecule has 0 nitrogen and oxygen atoms in total. The second kappa shape index (κ2) is 8.81. The minimum Gasteiger partial charge on any atom is -1.00 e. The third-order valence-corrected chi connectivity index (χ3v) is 6.32. The molecule has 24 heavy (non-hydrogen) atoms. The fourth-order valence-corrected chi connectivity index (χ4v) is 4.89. The third kappa shape index (κ3) is 3.73. The van der Waals surface area contributed by atoms with Gasteiger partial charge in [-0.15, -0.1) is 11.1 Å². The van der Waals surface area contributed by atoms with E-state index in [0.29, 0.717) is 5.92 Å². The fraction of sp³-hybridized carbons (Fsp3) is 0.200. The van der Waals surface area contributed by atoms with Crippen LogP contribution < -0.4 is 30.0 Å². The van der Waals surface area contributed by atoms with Crippen LogP contribution in [0.5, 0.6) is 0 Å². The Balaban J connectivity index is 0.000000960. The molecule has 121 valence electrons. The van der Waals surface area contributed by atoms with Crippen molar-refractivity contribution in [2.24, 2.45) is 0 Å². The molecule has 0 bridgehead atoms. The summed E-state index contributed by atoms with van der Waals surface area (Å²) < 4.78 is 0. The van der Waals surface area contributed by atoms with E-state index in [2.05, 4.69) is 73.8 Å². The van der Waals surface area contributed by atoms with Crippen molar-refractivity contribution in [3.8, 4) is 11.1 Å². The average molecular weight is 450 g/mol. The molecule has 1 radical (unpaired) electrons. The van der Waals surface area contributed by atoms with E-state index in [1.165, 1.54) is 27.8 Å². The van der Waals surface area contributed by atoms with Crippen LogP contribution in [0.3, 0.4) is 0 Å². The Morgan fingerprint density at radius 2 is 1.67 bits per heavy atom. The van der Waals surface area contributed by atoms with Crippen molar-refractivity contribution >= 4 is 14.0 Å². The van der Waals surface area contributed by atoms with Crippen LogP contribution in [0.25, 0.3) is 11.1 Å². The molecule has 0 aliphatic heterocycles. The maximum absolute atomic E-state index is 3.80. The molecule has 0 heterocycles. The van der Waals surface area contributed by atoms with Crippen molar-refractivity contribution in [1.29, 1.82) is 0 Å². The van der Waals surface area contributed by atoms with Gasteiger partial charge in [-0.25, -0.2) is 0 Å². The zero-order chi connectivity index (χ0) is 14.4. The molecule has 0 aromatic heterocycles. The summed E-state index contributed by atoms with van der Waals surface area (Å²) in [6, 6.07) is 15.1. The number of benzene rings is 2. The van der Waals surface area contributed by atoms with Gasteiger partial charge in [0.2, 0.25) is 0 Å². The van der Waals surface area contributed by atoms with Crippen LogP contribution >= 0.6 is 0 Å². The number of fused-ring (bicyclic) bond motifs is 3. The monoisotopic (exact) mass is 447 g/mol. The van der Waals surface area contributed by atoms with E-state index in [0.717, 1.165) is 6.42 Å². The number of hydrogen-bond donors (Lipinski definition) is 0. The summed E-state index contributed by atoms with van der Waals surface area (Å²) in [7, 11) is -0.873. The normalized spacial score (nSPS) is 13.8. The molecule has 2 aromatic carbocycles. The van der Waals surface area contributed by atoms with Crippen LogP contribution in [0.2, 0.25) is 13.1 Å². The Morgan fingerprint density at radius 1 is 1.00 bits per heavy atom. The van der Waals surface area contributed by atoms with Gasteiger partial charge in [0.25, 0.3) is 0 Å². The van der Waals surface area contributed by atoms with Gasteiger partial charge in [-0.3, -0.25) is 0 Å². The first kappa shape index (κ1) is 21.6. The molecular formula is C20H19Cl2SiZr. The van der Waals surface area contributed by atoms with Crippen LogP contribution in [-0.4, -0.2) is 8.80 Å². The topological polar surface area (TPSA) is 0 Å². The Hall–Kier alpha value is -0.400. The van der Waals surface area contributed by atoms with E-state index in [9.17, 15) is 0 Å². The van der Waals surface area contributed by atoms with Gasteiger partial charge in [-0.1, -0.05) is 72.8 Å². The second-order valence-corrected chi connectivity index (χ2v) is 9.25. The zero-order valence-electron chi connectivity index (χ0n) is 13.8. The molecule has 0 amide bonds. The maximum Gasteiger partial charge on any atom is 3.00 e. The Morgan fingerprint density at radius 3 is 2.33 bits per heavy atom. The van der Waals surface area contributed by atoms with Crippen LogP contribution in [0, 0.1) is 6.07 Å². The van der Waals surface area contributed by atoms with Gasteiger partial charge in [0.1, 0.15) is 0 Å². The van der Waals surface area contributed by atoms with Crippen molar-refractivity contribution < 1.29 is 51.0 Å². The largest absolute Gasteiger partial charge is 3.00 e. The molecule has 0 fully saturated rings. The van der Waals surface area contributed by atoms with Gasteiger partial charge in [0, 0.05) is 8.80 Å². The molecular weight excluding hydrogens is 430 g/mol. The van der Waals surface area contributed by atoms with Crippen LogP contribution in [0.4, 0.5) is 0 Å². The van der Waals surface area contributed by atoms with E-state index in [1.807, 2.05) is 0 Å². The first-order valence-corrected chi connectivity index (χ1v) is 10.6. The van der Waals surface area contributed by atoms with Gasteiger partial charge < -0.3 is 24.8 Å². The molecule has 0 saturated heterocycles. The van der Waals surface area contributed by atoms with Crippen molar-refractivity contribution in [3.05, 3.63) is 77.4 Å². The summed E-state index contributed by atoms with van der Waals surface area (Å²) in [5.41, 5.74) is 7.11. The van der Waals surface area contributed by atoms with Gasteiger partial charge in [0.15, 0.2) is 0 Å². The fourth-order valence-electron chi connectivity index (χ4n) is 3.51. The molecule has 4 rings (SSSR count). The third-order valence-electron chi connectivity index (χ3n) is 4.60. The molecule has 0 N–H and O–H groups in total. The predicted molar refractivity (Wildman–Crippen MR) is 93.1 cm³/mol. The summed E-state index contributed by atoms with van der Waals surface area (Å²) >= 11 is 0. The van der Waals surface area contributed by atoms with Crippen molar-refractivity contribution in [3.63, 3.8) is 0 Å². The summed E-state index contributed by atoms with van der Waals surface area (Å²) in [5, 5.41) is 1.58. The van der Waals surface area contributed by atoms with Gasteiger partial charge in [-0.05, 0) is 12.3 Å². The van der Waals surface area contributed by atoms with E-state index in [4.69, 9.17) is 0 Å². The van der Waals surface area contributed by atoms with Crippen molar-refractivity contribution in [2.45, 2.75) is 25.4 Å². The molecule has 0 atom stereocenters. The SMILES string of the molecule is C[SiH](C)c1cc2c([c-]c1C1C=CC=C1)Cc1ccccc1-2.[Cl-].[Cl-].[Zr+3]. The minimum atomic E-state index is -0.873. The number of hydrogen-bond acceptors (Lipinski definition) is 0. The van der Waals surface area contributed by atoms with Crippen LogP contribution in [-0.2, 0) is 32.6 Å². The Bertz CT molecular complexity index is 769. The van der Waals surface area contributed by atoms with Crippen LogP contribution in [0.1, 0.15) is 22.6 Å². The standard InChI is InChI=1S/C20H19Si.2ClH.Zr/c1-21(2)20-13-18-16(11-15-9-5-6-10-17(15)18)12-19(20)14-7-3-4-8-14;;;/h3-10,13-14,21H,11H2,1-2H3;2*1H;/q-1;;;+3/p-2. The number of allylic oxidation sites excluding steroid dienone is 4. The summed E-state index contributed by atoms with van der Waals surface area (Å²) in [4.78, 5) is 0. The van der Waals surface area contributed by atoms with Crippen molar-refractivity contribution in [1.82, 2.24) is 0 Å². The molecule has 2 aliphatic carbocycles. The molecule has 2 aliphatic rings. The first-order valence-electron chi connectivity index (χ1n) is 7.76. The first-order chi connectivity index (χ1) is 10.2. The zero-order valence-corrected chi connectivity index (χ0v) is 18.9. The van der Waals surface area contributed by atoms with Crippen molar-refractivity contribution in [2.75, 3.05) is 0 Å². The smallest absolute Gasteiger partial charge is 1.00 e. The molecule has 0 unspecified atom stereocenters. The van der Waals surface area contributed by atoms with E-state index >= 15 is 0 Å². The molecule has 0 saturated carbocycles. The number of rotatable bonds is 2. The quantitative estimate of drug-likeness (QED) is 0.313. The molecule has 0 spiro atoms. The number of halogens is 2. The summed E-state index contributed by atoms with van der Waals surface area (Å²) in [5.74, 6) is 0.434. The van der Waals surface area contributed by atoms with Gasteiger partial charge >= 0.3 is 26.2 Å². The summed E-state index contributed by atoms with van der Waals surface area (Å²) in [6.45, 7) is 4.84. The molecule has 2 aromatic rings. The summed E-state index contributed by atoms with van der Waals surface area (Å²) in [6.07, 6.45) is 9.94. The van der Waals surface area contributed by atoms with Gasteiger partial charge in [-0.2, -0.15) is 22.9 Å². The van der Waals surface area contributed by atoms with E-state index in [-0.39, 0.29) is 51.0 Å². The second-order valence-electron chi connectivity index (χ2n) is 6.31.